The van der Waals surface area contributed by atoms with Crippen LogP contribution in [0.25, 0.3) is 0 Å². The quantitative estimate of drug-likeness (QED) is 0.744. The lowest BCUT2D eigenvalue weighted by Crippen LogP contribution is -2.45. The van der Waals surface area contributed by atoms with E-state index in [9.17, 15) is 9.59 Å². The highest BCUT2D eigenvalue weighted by atomic mass is 16.6. The molecule has 0 bridgehead atoms. The lowest BCUT2D eigenvalue weighted by atomic mass is 10.1. The summed E-state index contributed by atoms with van der Waals surface area (Å²) in [5, 5.41) is 5.15. The minimum atomic E-state index is -0.648. The van der Waals surface area contributed by atoms with Crippen molar-refractivity contribution in [1.82, 2.24) is 5.01 Å². The molecule has 1 unspecified atom stereocenters. The molecule has 120 valence electrons. The van der Waals surface area contributed by atoms with Crippen molar-refractivity contribution < 1.29 is 23.8 Å². The molecule has 1 aliphatic rings. The SMILES string of the molecule is CCOC(=O)C1=NN(C(=O)OC(C)(C)C)C(OCC)CC1. The molecular formula is C14H24N2O5. The molecule has 0 aromatic rings. The van der Waals surface area contributed by atoms with Gasteiger partial charge in [-0.15, -0.1) is 0 Å². The summed E-state index contributed by atoms with van der Waals surface area (Å²) in [6.07, 6.45) is -0.279. The Morgan fingerprint density at radius 1 is 1.29 bits per heavy atom. The number of esters is 1. The summed E-state index contributed by atoms with van der Waals surface area (Å²) in [5.41, 5.74) is -0.441. The van der Waals surface area contributed by atoms with Gasteiger partial charge in [-0.2, -0.15) is 10.1 Å². The fourth-order valence-electron chi connectivity index (χ4n) is 1.80. The van der Waals surface area contributed by atoms with Gasteiger partial charge in [0.15, 0.2) is 6.23 Å². The summed E-state index contributed by atoms with van der Waals surface area (Å²) >= 11 is 0. The zero-order valence-electron chi connectivity index (χ0n) is 13.3. The molecule has 0 aliphatic carbocycles. The van der Waals surface area contributed by atoms with Gasteiger partial charge in [0.25, 0.3) is 0 Å². The van der Waals surface area contributed by atoms with Crippen molar-refractivity contribution in [3.05, 3.63) is 0 Å². The average molecular weight is 300 g/mol. The average Bonchev–Trinajstić information content (AvgIpc) is 2.37. The van der Waals surface area contributed by atoms with E-state index in [2.05, 4.69) is 5.10 Å². The highest BCUT2D eigenvalue weighted by Gasteiger charge is 2.34. The van der Waals surface area contributed by atoms with Crippen LogP contribution in [0.5, 0.6) is 0 Å². The van der Waals surface area contributed by atoms with E-state index in [1.54, 1.807) is 27.7 Å². The zero-order valence-corrected chi connectivity index (χ0v) is 13.3. The third-order valence-corrected chi connectivity index (χ3v) is 2.58. The monoisotopic (exact) mass is 300 g/mol. The Kier molecular flexibility index (Phi) is 6.14. The summed E-state index contributed by atoms with van der Waals surface area (Å²) in [5.74, 6) is -0.513. The van der Waals surface area contributed by atoms with Crippen LogP contribution in [-0.4, -0.2) is 47.8 Å². The molecule has 0 N–H and O–H groups in total. The molecule has 21 heavy (non-hydrogen) atoms. The van der Waals surface area contributed by atoms with Crippen molar-refractivity contribution in [2.24, 2.45) is 5.10 Å². The van der Waals surface area contributed by atoms with Crippen LogP contribution in [0.4, 0.5) is 4.79 Å². The fourth-order valence-corrected chi connectivity index (χ4v) is 1.80. The number of amides is 1. The first kappa shape index (κ1) is 17.4. The number of nitrogens with zero attached hydrogens (tertiary/aromatic N) is 2. The van der Waals surface area contributed by atoms with E-state index in [1.807, 2.05) is 6.92 Å². The van der Waals surface area contributed by atoms with E-state index in [0.29, 0.717) is 19.4 Å². The molecule has 1 aliphatic heterocycles. The molecule has 1 atom stereocenters. The number of carbonyl (C=O) groups is 2. The maximum atomic E-state index is 12.2. The van der Waals surface area contributed by atoms with E-state index in [0.717, 1.165) is 5.01 Å². The summed E-state index contributed by atoms with van der Waals surface area (Å²) in [7, 11) is 0. The first-order chi connectivity index (χ1) is 9.78. The normalized spacial score (nSPS) is 19.0. The summed E-state index contributed by atoms with van der Waals surface area (Å²) in [6.45, 7) is 9.54. The molecule has 7 nitrogen and oxygen atoms in total. The molecule has 0 spiro atoms. The predicted octanol–water partition coefficient (Wildman–Crippen LogP) is 2.30. The second-order valence-corrected chi connectivity index (χ2v) is 5.54. The molecule has 0 radical (unpaired) electrons. The van der Waals surface area contributed by atoms with Gasteiger partial charge in [0.2, 0.25) is 0 Å². The predicted molar refractivity (Wildman–Crippen MR) is 76.8 cm³/mol. The number of hydrazone groups is 1. The van der Waals surface area contributed by atoms with Crippen LogP contribution in [0.2, 0.25) is 0 Å². The fraction of sp³-hybridized carbons (Fsp3) is 0.786. The molecule has 0 aromatic carbocycles. The first-order valence-corrected chi connectivity index (χ1v) is 7.17. The van der Waals surface area contributed by atoms with Gasteiger partial charge < -0.3 is 14.2 Å². The second-order valence-electron chi connectivity index (χ2n) is 5.54. The van der Waals surface area contributed by atoms with Crippen LogP contribution < -0.4 is 0 Å². The maximum Gasteiger partial charge on any atom is 0.433 e. The van der Waals surface area contributed by atoms with Gasteiger partial charge in [0.1, 0.15) is 11.3 Å². The molecule has 1 rings (SSSR count). The minimum Gasteiger partial charge on any atom is -0.461 e. The Hall–Kier alpha value is -1.63. The highest BCUT2D eigenvalue weighted by molar-refractivity contribution is 6.36. The lowest BCUT2D eigenvalue weighted by Gasteiger charge is -2.32. The van der Waals surface area contributed by atoms with Crippen LogP contribution >= 0.6 is 0 Å². The van der Waals surface area contributed by atoms with Crippen molar-refractivity contribution in [3.8, 4) is 0 Å². The topological polar surface area (TPSA) is 77.4 Å². The molecule has 0 aromatic heterocycles. The molecule has 1 amide bonds. The van der Waals surface area contributed by atoms with Crippen molar-refractivity contribution in [2.75, 3.05) is 13.2 Å². The highest BCUT2D eigenvalue weighted by Crippen LogP contribution is 2.21. The number of ether oxygens (including phenoxy) is 3. The number of rotatable bonds is 4. The van der Waals surface area contributed by atoms with Gasteiger partial charge in [0, 0.05) is 19.4 Å². The van der Waals surface area contributed by atoms with Gasteiger partial charge >= 0.3 is 12.1 Å². The molecule has 0 saturated carbocycles. The van der Waals surface area contributed by atoms with Crippen LogP contribution in [0.1, 0.15) is 47.5 Å². The van der Waals surface area contributed by atoms with E-state index in [-0.39, 0.29) is 12.3 Å². The van der Waals surface area contributed by atoms with E-state index < -0.39 is 23.9 Å². The first-order valence-electron chi connectivity index (χ1n) is 7.17. The van der Waals surface area contributed by atoms with E-state index >= 15 is 0 Å². The largest absolute Gasteiger partial charge is 0.461 e. The Balaban J connectivity index is 2.91. The third kappa shape index (κ3) is 5.34. The Morgan fingerprint density at radius 3 is 2.48 bits per heavy atom. The minimum absolute atomic E-state index is 0.207. The molecule has 0 saturated heterocycles. The van der Waals surface area contributed by atoms with Crippen molar-refractivity contribution in [2.45, 2.75) is 59.3 Å². The number of carbonyl (C=O) groups excluding carboxylic acids is 2. The number of hydrogen-bond donors (Lipinski definition) is 0. The van der Waals surface area contributed by atoms with Crippen molar-refractivity contribution in [3.63, 3.8) is 0 Å². The van der Waals surface area contributed by atoms with Crippen LogP contribution in [0.3, 0.4) is 0 Å². The van der Waals surface area contributed by atoms with Gasteiger partial charge in [-0.05, 0) is 34.6 Å². The van der Waals surface area contributed by atoms with Gasteiger partial charge in [0.05, 0.1) is 6.61 Å². The standard InChI is InChI=1S/C14H24N2O5/c1-6-19-11-9-8-10(12(17)20-7-2)15-16(11)13(18)21-14(3,4)5/h11H,6-9H2,1-5H3. The molecule has 0 fully saturated rings. The Labute approximate surface area is 125 Å². The maximum absolute atomic E-state index is 12.2. The van der Waals surface area contributed by atoms with Gasteiger partial charge in [-0.3, -0.25) is 0 Å². The Bertz CT molecular complexity index is 414. The van der Waals surface area contributed by atoms with Gasteiger partial charge in [-0.1, -0.05) is 0 Å². The summed E-state index contributed by atoms with van der Waals surface area (Å²) in [4.78, 5) is 23.9. The number of hydrogen-bond acceptors (Lipinski definition) is 6. The zero-order chi connectivity index (χ0) is 16.0. The van der Waals surface area contributed by atoms with Crippen LogP contribution in [-0.2, 0) is 19.0 Å². The summed E-state index contributed by atoms with van der Waals surface area (Å²) < 4.78 is 15.7. The van der Waals surface area contributed by atoms with Crippen LogP contribution in [0, 0.1) is 0 Å². The molecular weight excluding hydrogens is 276 g/mol. The van der Waals surface area contributed by atoms with E-state index in [4.69, 9.17) is 14.2 Å². The van der Waals surface area contributed by atoms with Crippen molar-refractivity contribution in [1.29, 1.82) is 0 Å². The molecule has 1 heterocycles. The van der Waals surface area contributed by atoms with E-state index in [1.165, 1.54) is 0 Å². The smallest absolute Gasteiger partial charge is 0.433 e. The van der Waals surface area contributed by atoms with Gasteiger partial charge in [-0.25, -0.2) is 9.59 Å². The van der Waals surface area contributed by atoms with Crippen molar-refractivity contribution >= 4 is 17.8 Å². The second kappa shape index (κ2) is 7.40. The lowest BCUT2D eigenvalue weighted by molar-refractivity contribution is -0.135. The molecule has 7 heteroatoms. The van der Waals surface area contributed by atoms with Crippen LogP contribution in [0.15, 0.2) is 5.10 Å². The third-order valence-electron chi connectivity index (χ3n) is 2.58. The summed E-state index contributed by atoms with van der Waals surface area (Å²) in [6, 6.07) is 0. The Morgan fingerprint density at radius 2 is 1.95 bits per heavy atom.